The molecule has 5 heteroatoms. The first-order valence-electron chi connectivity index (χ1n) is 6.28. The molecule has 1 amide bonds. The number of carbonyl (C=O) groups excluding carboxylic acids is 1. The maximum Gasteiger partial charge on any atom is 0.229 e. The van der Waals surface area contributed by atoms with Gasteiger partial charge in [0.15, 0.2) is 10.9 Å². The molecule has 0 fully saturated rings. The van der Waals surface area contributed by atoms with Crippen molar-refractivity contribution in [3.05, 3.63) is 35.9 Å². The number of aromatic nitrogens is 1. The molecule has 98 valence electrons. The molecule has 2 aromatic rings. The summed E-state index contributed by atoms with van der Waals surface area (Å²) in [5, 5.41) is 5.40. The summed E-state index contributed by atoms with van der Waals surface area (Å²) in [7, 11) is 0. The molecule has 2 heterocycles. The van der Waals surface area contributed by atoms with Crippen LogP contribution in [0.3, 0.4) is 0 Å². The number of amides is 1. The molecule has 1 aliphatic rings. The van der Waals surface area contributed by atoms with Crippen LogP contribution in [0.15, 0.2) is 40.3 Å². The van der Waals surface area contributed by atoms with Crippen LogP contribution in [-0.2, 0) is 4.79 Å². The lowest BCUT2D eigenvalue weighted by molar-refractivity contribution is -0.120. The summed E-state index contributed by atoms with van der Waals surface area (Å²) in [5.41, 5.74) is 0.758. The van der Waals surface area contributed by atoms with Gasteiger partial charge in [-0.1, -0.05) is 12.2 Å². The lowest BCUT2D eigenvalue weighted by Gasteiger charge is -2.15. The van der Waals surface area contributed by atoms with Crippen LogP contribution in [0.4, 0.5) is 5.13 Å². The van der Waals surface area contributed by atoms with E-state index >= 15 is 0 Å². The van der Waals surface area contributed by atoms with Crippen molar-refractivity contribution < 1.29 is 9.21 Å². The van der Waals surface area contributed by atoms with Gasteiger partial charge in [0.25, 0.3) is 0 Å². The first kappa shape index (κ1) is 12.2. The van der Waals surface area contributed by atoms with Crippen LogP contribution in [-0.4, -0.2) is 10.9 Å². The molecule has 0 aliphatic heterocycles. The summed E-state index contributed by atoms with van der Waals surface area (Å²) in [6.45, 7) is 0. The fourth-order valence-corrected chi connectivity index (χ4v) is 2.81. The monoisotopic (exact) mass is 274 g/mol. The summed E-state index contributed by atoms with van der Waals surface area (Å²) in [5.74, 6) is 0.850. The lowest BCUT2D eigenvalue weighted by atomic mass is 9.94. The van der Waals surface area contributed by atoms with Gasteiger partial charge in [-0.3, -0.25) is 4.79 Å². The Bertz CT molecular complexity index is 586. The number of nitrogens with zero attached hydrogens (tertiary/aromatic N) is 1. The number of nitrogens with one attached hydrogen (secondary N) is 1. The van der Waals surface area contributed by atoms with Crippen molar-refractivity contribution in [3.8, 4) is 11.5 Å². The molecule has 0 bridgehead atoms. The minimum Gasteiger partial charge on any atom is -0.463 e. The third-order valence-electron chi connectivity index (χ3n) is 3.15. The number of allylic oxidation sites excluding steroid dienone is 2. The average molecular weight is 274 g/mol. The van der Waals surface area contributed by atoms with E-state index in [9.17, 15) is 4.79 Å². The smallest absolute Gasteiger partial charge is 0.229 e. The van der Waals surface area contributed by atoms with E-state index in [1.165, 1.54) is 11.3 Å². The van der Waals surface area contributed by atoms with Crippen molar-refractivity contribution in [2.45, 2.75) is 19.3 Å². The first-order valence-corrected chi connectivity index (χ1v) is 7.16. The van der Waals surface area contributed by atoms with Crippen LogP contribution in [0.2, 0.25) is 0 Å². The van der Waals surface area contributed by atoms with Gasteiger partial charge in [-0.2, -0.15) is 0 Å². The van der Waals surface area contributed by atoms with Crippen LogP contribution in [0.5, 0.6) is 0 Å². The van der Waals surface area contributed by atoms with Gasteiger partial charge in [-0.15, -0.1) is 11.3 Å². The standard InChI is InChI=1S/C14H14N2O2S/c17-13(10-5-2-1-3-6-10)16-14-15-11(9-19-14)12-7-4-8-18-12/h1-2,4,7-10H,3,5-6H2,(H,15,16,17). The van der Waals surface area contributed by atoms with E-state index in [2.05, 4.69) is 22.5 Å². The maximum atomic E-state index is 12.1. The highest BCUT2D eigenvalue weighted by molar-refractivity contribution is 7.14. The van der Waals surface area contributed by atoms with Gasteiger partial charge >= 0.3 is 0 Å². The Kier molecular flexibility index (Phi) is 3.46. The van der Waals surface area contributed by atoms with Gasteiger partial charge in [0.1, 0.15) is 5.69 Å². The van der Waals surface area contributed by atoms with Crippen LogP contribution in [0.25, 0.3) is 11.5 Å². The molecule has 0 spiro atoms. The van der Waals surface area contributed by atoms with E-state index in [4.69, 9.17) is 4.42 Å². The van der Waals surface area contributed by atoms with Crippen LogP contribution in [0.1, 0.15) is 19.3 Å². The summed E-state index contributed by atoms with van der Waals surface area (Å²) >= 11 is 1.42. The quantitative estimate of drug-likeness (QED) is 0.868. The van der Waals surface area contributed by atoms with E-state index in [0.29, 0.717) is 5.13 Å². The zero-order chi connectivity index (χ0) is 13.1. The second-order valence-electron chi connectivity index (χ2n) is 4.49. The van der Waals surface area contributed by atoms with Crippen LogP contribution >= 0.6 is 11.3 Å². The molecule has 19 heavy (non-hydrogen) atoms. The predicted octanol–water partition coefficient (Wildman–Crippen LogP) is 3.70. The Morgan fingerprint density at radius 3 is 3.16 bits per heavy atom. The van der Waals surface area contributed by atoms with Crippen molar-refractivity contribution >= 4 is 22.4 Å². The van der Waals surface area contributed by atoms with Crippen molar-refractivity contribution in [1.82, 2.24) is 4.98 Å². The second-order valence-corrected chi connectivity index (χ2v) is 5.34. The molecule has 0 saturated carbocycles. The summed E-state index contributed by atoms with van der Waals surface area (Å²) in [6.07, 6.45) is 8.53. The maximum absolute atomic E-state index is 12.1. The SMILES string of the molecule is O=C(Nc1nc(-c2ccco2)cs1)C1CC=CCC1. The van der Waals surface area contributed by atoms with E-state index in [-0.39, 0.29) is 11.8 Å². The Labute approximate surface area is 115 Å². The minimum atomic E-state index is 0.0599. The number of furan rings is 1. The van der Waals surface area contributed by atoms with Gasteiger partial charge in [0, 0.05) is 11.3 Å². The zero-order valence-electron chi connectivity index (χ0n) is 10.3. The molecule has 1 N–H and O–H groups in total. The summed E-state index contributed by atoms with van der Waals surface area (Å²) < 4.78 is 5.28. The molecule has 4 nitrogen and oxygen atoms in total. The van der Waals surface area contributed by atoms with E-state index in [1.54, 1.807) is 6.26 Å². The fraction of sp³-hybridized carbons (Fsp3) is 0.286. The molecular weight excluding hydrogens is 260 g/mol. The third-order valence-corrected chi connectivity index (χ3v) is 3.91. The van der Waals surface area contributed by atoms with Crippen molar-refractivity contribution in [1.29, 1.82) is 0 Å². The zero-order valence-corrected chi connectivity index (χ0v) is 11.2. The van der Waals surface area contributed by atoms with Crippen LogP contribution in [0, 0.1) is 5.92 Å². The highest BCUT2D eigenvalue weighted by atomic mass is 32.1. The molecule has 1 aliphatic carbocycles. The largest absolute Gasteiger partial charge is 0.463 e. The highest BCUT2D eigenvalue weighted by Crippen LogP contribution is 2.26. The minimum absolute atomic E-state index is 0.0599. The number of hydrogen-bond donors (Lipinski definition) is 1. The molecule has 0 aromatic carbocycles. The number of hydrogen-bond acceptors (Lipinski definition) is 4. The molecule has 2 aromatic heterocycles. The van der Waals surface area contributed by atoms with Crippen molar-refractivity contribution in [2.75, 3.05) is 5.32 Å². The van der Waals surface area contributed by atoms with Gasteiger partial charge < -0.3 is 9.73 Å². The molecule has 1 unspecified atom stereocenters. The highest BCUT2D eigenvalue weighted by Gasteiger charge is 2.19. The third kappa shape index (κ3) is 2.76. The molecular formula is C14H14N2O2S. The van der Waals surface area contributed by atoms with Gasteiger partial charge in [-0.25, -0.2) is 4.98 Å². The Morgan fingerprint density at radius 1 is 1.47 bits per heavy atom. The number of carbonyl (C=O) groups is 1. The van der Waals surface area contributed by atoms with Gasteiger partial charge in [0.2, 0.25) is 5.91 Å². The first-order chi connectivity index (χ1) is 9.33. The Balaban J connectivity index is 1.67. The van der Waals surface area contributed by atoms with Crippen molar-refractivity contribution in [2.24, 2.45) is 5.92 Å². The average Bonchev–Trinajstić information content (AvgIpc) is 3.10. The number of thiazole rings is 1. The topological polar surface area (TPSA) is 55.1 Å². The summed E-state index contributed by atoms with van der Waals surface area (Å²) in [4.78, 5) is 16.4. The fourth-order valence-electron chi connectivity index (χ4n) is 2.11. The molecule has 0 radical (unpaired) electrons. The van der Waals surface area contributed by atoms with Crippen molar-refractivity contribution in [3.63, 3.8) is 0 Å². The molecule has 0 saturated heterocycles. The van der Waals surface area contributed by atoms with E-state index in [0.717, 1.165) is 30.7 Å². The van der Waals surface area contributed by atoms with Gasteiger partial charge in [0.05, 0.1) is 6.26 Å². The van der Waals surface area contributed by atoms with E-state index < -0.39 is 0 Å². The molecule has 3 rings (SSSR count). The second kappa shape index (κ2) is 5.40. The normalized spacial score (nSPS) is 18.4. The number of rotatable bonds is 3. The predicted molar refractivity (Wildman–Crippen MR) is 74.9 cm³/mol. The summed E-state index contributed by atoms with van der Waals surface area (Å²) in [6, 6.07) is 3.67. The Hall–Kier alpha value is -1.88. The number of anilines is 1. The van der Waals surface area contributed by atoms with Crippen LogP contribution < -0.4 is 5.32 Å². The lowest BCUT2D eigenvalue weighted by Crippen LogP contribution is -2.23. The molecule has 1 atom stereocenters. The van der Waals surface area contributed by atoms with Gasteiger partial charge in [-0.05, 0) is 31.4 Å². The van der Waals surface area contributed by atoms with E-state index in [1.807, 2.05) is 17.5 Å². The Morgan fingerprint density at radius 2 is 2.42 bits per heavy atom.